The van der Waals surface area contributed by atoms with Crippen LogP contribution in [0.2, 0.25) is 0 Å². The van der Waals surface area contributed by atoms with Gasteiger partial charge in [-0.3, -0.25) is 29.7 Å². The van der Waals surface area contributed by atoms with Crippen molar-refractivity contribution in [1.29, 1.82) is 0 Å². The molecule has 108 valence electrons. The van der Waals surface area contributed by atoms with Gasteiger partial charge in [-0.2, -0.15) is 5.10 Å². The van der Waals surface area contributed by atoms with Crippen LogP contribution in [-0.2, 0) is 7.05 Å². The first-order valence-electron chi connectivity index (χ1n) is 5.62. The van der Waals surface area contributed by atoms with Gasteiger partial charge in [0, 0.05) is 24.9 Å². The number of hydrogen-bond donors (Lipinski definition) is 1. The lowest BCUT2D eigenvalue weighted by molar-refractivity contribution is -0.385. The summed E-state index contributed by atoms with van der Waals surface area (Å²) in [5.41, 5.74) is -0.732. The molecule has 0 spiro atoms. The Morgan fingerprint density at radius 1 is 1.29 bits per heavy atom. The Labute approximate surface area is 117 Å². The van der Waals surface area contributed by atoms with E-state index in [-0.39, 0.29) is 17.1 Å². The molecule has 0 unspecified atom stereocenters. The maximum atomic E-state index is 12.1. The van der Waals surface area contributed by atoms with E-state index in [2.05, 4.69) is 10.4 Å². The molecule has 0 atom stereocenters. The second-order valence-corrected chi connectivity index (χ2v) is 4.02. The van der Waals surface area contributed by atoms with E-state index in [0.29, 0.717) is 0 Å². The standard InChI is InChI=1S/C11H9N5O5/c1-14-10(9(6-12-14)16(20)21)11(17)13-7-3-2-4-8(5-7)15(18)19/h2-6H,1H3,(H,13,17). The van der Waals surface area contributed by atoms with Crippen molar-refractivity contribution in [2.75, 3.05) is 5.32 Å². The first-order chi connectivity index (χ1) is 9.90. The SMILES string of the molecule is Cn1ncc([N+](=O)[O-])c1C(=O)Nc1cccc([N+](=O)[O-])c1. The lowest BCUT2D eigenvalue weighted by Crippen LogP contribution is -2.17. The van der Waals surface area contributed by atoms with Crippen molar-refractivity contribution < 1.29 is 14.6 Å². The van der Waals surface area contributed by atoms with Crippen molar-refractivity contribution in [2.45, 2.75) is 0 Å². The van der Waals surface area contributed by atoms with E-state index in [1.807, 2.05) is 0 Å². The molecule has 0 saturated heterocycles. The van der Waals surface area contributed by atoms with Gasteiger partial charge in [-0.05, 0) is 6.07 Å². The number of nitrogens with one attached hydrogen (secondary N) is 1. The Morgan fingerprint density at radius 2 is 2.00 bits per heavy atom. The van der Waals surface area contributed by atoms with Crippen LogP contribution in [0.5, 0.6) is 0 Å². The number of hydrogen-bond acceptors (Lipinski definition) is 6. The molecule has 0 radical (unpaired) electrons. The van der Waals surface area contributed by atoms with Crippen molar-refractivity contribution in [1.82, 2.24) is 9.78 Å². The molecule has 10 nitrogen and oxygen atoms in total. The first kappa shape index (κ1) is 14.1. The number of nitro benzene ring substituents is 1. The van der Waals surface area contributed by atoms with Crippen molar-refractivity contribution in [3.63, 3.8) is 0 Å². The molecular formula is C11H9N5O5. The Balaban J connectivity index is 2.30. The third-order valence-corrected chi connectivity index (χ3v) is 2.65. The summed E-state index contributed by atoms with van der Waals surface area (Å²) in [5.74, 6) is -0.776. The van der Waals surface area contributed by atoms with Gasteiger partial charge in [0.15, 0.2) is 0 Å². The molecule has 0 bridgehead atoms. The summed E-state index contributed by atoms with van der Waals surface area (Å²) < 4.78 is 1.06. The van der Waals surface area contributed by atoms with Crippen LogP contribution in [0, 0.1) is 20.2 Å². The number of nitrogens with zero attached hydrogens (tertiary/aromatic N) is 4. The molecule has 0 fully saturated rings. The van der Waals surface area contributed by atoms with Gasteiger partial charge in [0.25, 0.3) is 11.6 Å². The predicted molar refractivity (Wildman–Crippen MR) is 70.9 cm³/mol. The highest BCUT2D eigenvalue weighted by atomic mass is 16.6. The summed E-state index contributed by atoms with van der Waals surface area (Å²) in [6.45, 7) is 0. The third-order valence-electron chi connectivity index (χ3n) is 2.65. The lowest BCUT2D eigenvalue weighted by Gasteiger charge is -2.05. The van der Waals surface area contributed by atoms with Gasteiger partial charge < -0.3 is 5.32 Å². The molecule has 1 N–H and O–H groups in total. The van der Waals surface area contributed by atoms with E-state index in [4.69, 9.17) is 0 Å². The van der Waals surface area contributed by atoms with Crippen molar-refractivity contribution >= 4 is 23.0 Å². The zero-order valence-electron chi connectivity index (χ0n) is 10.7. The molecule has 21 heavy (non-hydrogen) atoms. The topological polar surface area (TPSA) is 133 Å². The monoisotopic (exact) mass is 291 g/mol. The molecule has 1 heterocycles. The maximum Gasteiger partial charge on any atom is 0.320 e. The fourth-order valence-corrected chi connectivity index (χ4v) is 1.71. The highest BCUT2D eigenvalue weighted by molar-refractivity contribution is 6.05. The summed E-state index contributed by atoms with van der Waals surface area (Å²) in [7, 11) is 1.38. The van der Waals surface area contributed by atoms with Gasteiger partial charge in [0.1, 0.15) is 6.20 Å². The zero-order chi connectivity index (χ0) is 15.6. The number of aromatic nitrogens is 2. The van der Waals surface area contributed by atoms with Crippen LogP contribution in [0.4, 0.5) is 17.1 Å². The normalized spacial score (nSPS) is 10.1. The number of rotatable bonds is 4. The van der Waals surface area contributed by atoms with Gasteiger partial charge in [0.2, 0.25) is 5.69 Å². The molecule has 1 amide bonds. The molecule has 1 aromatic heterocycles. The summed E-state index contributed by atoms with van der Waals surface area (Å²) >= 11 is 0. The largest absolute Gasteiger partial charge is 0.320 e. The van der Waals surface area contributed by atoms with Crippen molar-refractivity contribution in [2.24, 2.45) is 7.05 Å². The summed E-state index contributed by atoms with van der Waals surface area (Å²) in [6, 6.07) is 5.25. The number of anilines is 1. The van der Waals surface area contributed by atoms with Crippen LogP contribution in [0.1, 0.15) is 10.5 Å². The van der Waals surface area contributed by atoms with Crippen LogP contribution in [0.25, 0.3) is 0 Å². The van der Waals surface area contributed by atoms with E-state index in [1.165, 1.54) is 25.2 Å². The Morgan fingerprint density at radius 3 is 2.62 bits per heavy atom. The molecule has 10 heteroatoms. The predicted octanol–water partition coefficient (Wildman–Crippen LogP) is 1.49. The second kappa shape index (κ2) is 5.36. The Bertz CT molecular complexity index is 738. The highest BCUT2D eigenvalue weighted by Crippen LogP contribution is 2.21. The smallest absolute Gasteiger partial charge is 0.320 e. The first-order valence-corrected chi connectivity index (χ1v) is 5.62. The van der Waals surface area contributed by atoms with Crippen LogP contribution in [0.3, 0.4) is 0 Å². The number of amides is 1. The minimum Gasteiger partial charge on any atom is -0.320 e. The van der Waals surface area contributed by atoms with Gasteiger partial charge in [-0.15, -0.1) is 0 Å². The average Bonchev–Trinajstić information content (AvgIpc) is 2.81. The number of carbonyl (C=O) groups is 1. The van der Waals surface area contributed by atoms with Crippen molar-refractivity contribution in [3.8, 4) is 0 Å². The molecule has 0 aliphatic rings. The van der Waals surface area contributed by atoms with Crippen LogP contribution in [-0.4, -0.2) is 25.5 Å². The highest BCUT2D eigenvalue weighted by Gasteiger charge is 2.25. The molecule has 1 aromatic carbocycles. The molecule has 2 rings (SSSR count). The van der Waals surface area contributed by atoms with Crippen LogP contribution < -0.4 is 5.32 Å². The number of carbonyl (C=O) groups excluding carboxylic acids is 1. The van der Waals surface area contributed by atoms with Gasteiger partial charge in [-0.25, -0.2) is 0 Å². The molecule has 0 saturated carbocycles. The van der Waals surface area contributed by atoms with Gasteiger partial charge >= 0.3 is 5.69 Å². The number of nitro groups is 2. The number of benzene rings is 1. The molecular weight excluding hydrogens is 282 g/mol. The van der Waals surface area contributed by atoms with E-state index < -0.39 is 21.4 Å². The summed E-state index contributed by atoms with van der Waals surface area (Å²) in [6.07, 6.45) is 0.961. The second-order valence-electron chi connectivity index (χ2n) is 4.02. The van der Waals surface area contributed by atoms with Crippen LogP contribution in [0.15, 0.2) is 30.5 Å². The maximum absolute atomic E-state index is 12.1. The van der Waals surface area contributed by atoms with E-state index in [0.717, 1.165) is 16.9 Å². The number of non-ortho nitro benzene ring substituents is 1. The van der Waals surface area contributed by atoms with E-state index in [1.54, 1.807) is 0 Å². The molecule has 0 aliphatic heterocycles. The molecule has 0 aliphatic carbocycles. The van der Waals surface area contributed by atoms with Gasteiger partial charge in [-0.1, -0.05) is 6.07 Å². The van der Waals surface area contributed by atoms with E-state index in [9.17, 15) is 25.0 Å². The zero-order valence-corrected chi connectivity index (χ0v) is 10.7. The Hall–Kier alpha value is -3.30. The third kappa shape index (κ3) is 2.83. The fourth-order valence-electron chi connectivity index (χ4n) is 1.71. The van der Waals surface area contributed by atoms with Crippen molar-refractivity contribution in [3.05, 3.63) is 56.4 Å². The van der Waals surface area contributed by atoms with Crippen LogP contribution >= 0.6 is 0 Å². The lowest BCUT2D eigenvalue weighted by atomic mass is 10.2. The minimum atomic E-state index is -0.776. The minimum absolute atomic E-state index is 0.157. The fraction of sp³-hybridized carbons (Fsp3) is 0.0909. The average molecular weight is 291 g/mol. The summed E-state index contributed by atoms with van der Waals surface area (Å²) in [5, 5.41) is 27.5. The quantitative estimate of drug-likeness (QED) is 0.670. The number of aryl methyl sites for hydroxylation is 1. The van der Waals surface area contributed by atoms with E-state index >= 15 is 0 Å². The van der Waals surface area contributed by atoms with Gasteiger partial charge in [0.05, 0.1) is 9.85 Å². The molecule has 2 aromatic rings. The Kier molecular flexibility index (Phi) is 3.61. The summed E-state index contributed by atoms with van der Waals surface area (Å²) in [4.78, 5) is 32.2.